The number of nitrogens with one attached hydrogen (secondary N) is 2. The van der Waals surface area contributed by atoms with E-state index in [0.717, 1.165) is 17.0 Å². The maximum Gasteiger partial charge on any atom is 0.238 e. The highest BCUT2D eigenvalue weighted by Crippen LogP contribution is 2.19. The van der Waals surface area contributed by atoms with Gasteiger partial charge in [0.15, 0.2) is 0 Å². The van der Waals surface area contributed by atoms with Crippen molar-refractivity contribution in [2.75, 3.05) is 11.9 Å². The van der Waals surface area contributed by atoms with Crippen LogP contribution in [-0.2, 0) is 11.3 Å². The molecule has 0 fully saturated rings. The average molecular weight is 294 g/mol. The maximum atomic E-state index is 11.8. The lowest BCUT2D eigenvalue weighted by Crippen LogP contribution is -2.28. The number of anilines is 1. The first kappa shape index (κ1) is 14.6. The minimum absolute atomic E-state index is 0.140. The predicted molar refractivity (Wildman–Crippen MR) is 77.8 cm³/mol. The highest BCUT2D eigenvalue weighted by Gasteiger charge is 2.06. The number of benzene rings is 1. The molecule has 2 N–H and O–H groups in total. The summed E-state index contributed by atoms with van der Waals surface area (Å²) in [7, 11) is 0. The molecule has 5 nitrogen and oxygen atoms in total. The number of amides is 1. The van der Waals surface area contributed by atoms with Gasteiger partial charge in [0.2, 0.25) is 11.8 Å². The highest BCUT2D eigenvalue weighted by atomic mass is 35.5. The Kier molecular flexibility index (Phi) is 4.76. The molecule has 0 bridgehead atoms. The van der Waals surface area contributed by atoms with Crippen LogP contribution >= 0.6 is 11.6 Å². The third kappa shape index (κ3) is 4.08. The smallest absolute Gasteiger partial charge is 0.238 e. The van der Waals surface area contributed by atoms with E-state index in [4.69, 9.17) is 16.0 Å². The first-order chi connectivity index (χ1) is 9.54. The fraction of sp³-hybridized carbons (Fsp3) is 0.286. The van der Waals surface area contributed by atoms with E-state index in [2.05, 4.69) is 15.6 Å². The van der Waals surface area contributed by atoms with Gasteiger partial charge in [0.1, 0.15) is 5.76 Å². The summed E-state index contributed by atoms with van der Waals surface area (Å²) < 4.78 is 5.30. The topological polar surface area (TPSA) is 67.2 Å². The minimum atomic E-state index is -0.140. The van der Waals surface area contributed by atoms with Crippen molar-refractivity contribution in [3.63, 3.8) is 0 Å². The van der Waals surface area contributed by atoms with Gasteiger partial charge in [-0.1, -0.05) is 17.7 Å². The number of rotatable bonds is 5. The van der Waals surface area contributed by atoms with Crippen molar-refractivity contribution in [3.8, 4) is 0 Å². The number of oxazole rings is 1. The summed E-state index contributed by atoms with van der Waals surface area (Å²) in [6, 6.07) is 5.38. The van der Waals surface area contributed by atoms with Crippen molar-refractivity contribution in [2.45, 2.75) is 20.4 Å². The number of aryl methyl sites for hydroxylation is 2. The monoisotopic (exact) mass is 293 g/mol. The van der Waals surface area contributed by atoms with Crippen molar-refractivity contribution in [1.82, 2.24) is 10.3 Å². The Morgan fingerprint density at radius 1 is 1.40 bits per heavy atom. The third-order valence-electron chi connectivity index (χ3n) is 2.70. The van der Waals surface area contributed by atoms with Crippen LogP contribution < -0.4 is 10.6 Å². The SMILES string of the molecule is Cc1cnc(CNCC(=O)Nc2cc(Cl)ccc2C)o1. The lowest BCUT2D eigenvalue weighted by atomic mass is 10.2. The van der Waals surface area contributed by atoms with Crippen LogP contribution in [0.1, 0.15) is 17.2 Å². The molecule has 0 aliphatic heterocycles. The number of carbonyl (C=O) groups is 1. The predicted octanol–water partition coefficient (Wildman–Crippen LogP) is 2.67. The number of halogens is 1. The molecule has 0 aliphatic rings. The zero-order valence-electron chi connectivity index (χ0n) is 11.4. The molecule has 0 saturated heterocycles. The Labute approximate surface area is 122 Å². The molecule has 1 aromatic carbocycles. The highest BCUT2D eigenvalue weighted by molar-refractivity contribution is 6.31. The minimum Gasteiger partial charge on any atom is -0.445 e. The molecule has 0 unspecified atom stereocenters. The molecule has 0 atom stereocenters. The number of carbonyl (C=O) groups excluding carboxylic acids is 1. The Hall–Kier alpha value is -1.85. The van der Waals surface area contributed by atoms with E-state index < -0.39 is 0 Å². The molecule has 6 heteroatoms. The van der Waals surface area contributed by atoms with Crippen LogP contribution in [0.5, 0.6) is 0 Å². The number of nitrogens with zero attached hydrogens (tertiary/aromatic N) is 1. The Morgan fingerprint density at radius 2 is 2.20 bits per heavy atom. The normalized spacial score (nSPS) is 10.6. The standard InChI is InChI=1S/C14H16ClN3O2/c1-9-3-4-11(15)5-12(9)18-13(19)7-16-8-14-17-6-10(2)20-14/h3-6,16H,7-8H2,1-2H3,(H,18,19). The third-order valence-corrected chi connectivity index (χ3v) is 2.94. The van der Waals surface area contributed by atoms with Crippen LogP contribution in [0.3, 0.4) is 0 Å². The largest absolute Gasteiger partial charge is 0.445 e. The van der Waals surface area contributed by atoms with E-state index in [1.165, 1.54) is 0 Å². The quantitative estimate of drug-likeness (QED) is 0.889. The summed E-state index contributed by atoms with van der Waals surface area (Å²) in [6.07, 6.45) is 1.65. The second-order valence-corrected chi connectivity index (χ2v) is 4.91. The van der Waals surface area contributed by atoms with Gasteiger partial charge < -0.3 is 9.73 Å². The molecule has 2 aromatic rings. The summed E-state index contributed by atoms with van der Waals surface area (Å²) in [4.78, 5) is 15.8. The van der Waals surface area contributed by atoms with Crippen LogP contribution in [0.15, 0.2) is 28.8 Å². The van der Waals surface area contributed by atoms with Gasteiger partial charge in [-0.15, -0.1) is 0 Å². The number of hydrogen-bond acceptors (Lipinski definition) is 4. The van der Waals surface area contributed by atoms with Crippen LogP contribution in [0.2, 0.25) is 5.02 Å². The Bertz CT molecular complexity index is 610. The van der Waals surface area contributed by atoms with Gasteiger partial charge in [0.25, 0.3) is 0 Å². The van der Waals surface area contributed by atoms with Gasteiger partial charge in [0, 0.05) is 10.7 Å². The summed E-state index contributed by atoms with van der Waals surface area (Å²) in [5.41, 5.74) is 1.68. The molecule has 2 rings (SSSR count). The number of hydrogen-bond donors (Lipinski definition) is 2. The summed E-state index contributed by atoms with van der Waals surface area (Å²) in [6.45, 7) is 4.32. The van der Waals surface area contributed by atoms with E-state index in [0.29, 0.717) is 17.5 Å². The van der Waals surface area contributed by atoms with E-state index in [1.807, 2.05) is 19.9 Å². The molecule has 1 heterocycles. The van der Waals surface area contributed by atoms with Crippen LogP contribution in [0, 0.1) is 13.8 Å². The fourth-order valence-electron chi connectivity index (χ4n) is 1.69. The van der Waals surface area contributed by atoms with Gasteiger partial charge in [-0.25, -0.2) is 4.98 Å². The van der Waals surface area contributed by atoms with E-state index in [1.54, 1.807) is 18.3 Å². The van der Waals surface area contributed by atoms with Gasteiger partial charge in [0.05, 0.1) is 19.3 Å². The summed E-state index contributed by atoms with van der Waals surface area (Å²) >= 11 is 5.90. The van der Waals surface area contributed by atoms with Crippen molar-refractivity contribution in [1.29, 1.82) is 0 Å². The molecule has 0 saturated carbocycles. The Balaban J connectivity index is 1.82. The average Bonchev–Trinajstić information content (AvgIpc) is 2.80. The first-order valence-electron chi connectivity index (χ1n) is 6.22. The maximum absolute atomic E-state index is 11.8. The number of aromatic nitrogens is 1. The van der Waals surface area contributed by atoms with E-state index in [9.17, 15) is 4.79 Å². The molecule has 106 valence electrons. The molecular weight excluding hydrogens is 278 g/mol. The summed E-state index contributed by atoms with van der Waals surface area (Å²) in [5, 5.41) is 6.37. The second kappa shape index (κ2) is 6.54. The van der Waals surface area contributed by atoms with Gasteiger partial charge >= 0.3 is 0 Å². The van der Waals surface area contributed by atoms with Crippen molar-refractivity contribution >= 4 is 23.2 Å². The van der Waals surface area contributed by atoms with Crippen LogP contribution in [0.4, 0.5) is 5.69 Å². The van der Waals surface area contributed by atoms with Crippen LogP contribution in [-0.4, -0.2) is 17.4 Å². The molecule has 0 spiro atoms. The summed E-state index contributed by atoms with van der Waals surface area (Å²) in [5.74, 6) is 1.17. The second-order valence-electron chi connectivity index (χ2n) is 4.48. The lowest BCUT2D eigenvalue weighted by Gasteiger charge is -2.09. The van der Waals surface area contributed by atoms with Crippen molar-refractivity contribution in [3.05, 3.63) is 46.6 Å². The van der Waals surface area contributed by atoms with Crippen molar-refractivity contribution in [2.24, 2.45) is 0 Å². The zero-order valence-corrected chi connectivity index (χ0v) is 12.1. The van der Waals surface area contributed by atoms with Gasteiger partial charge in [-0.3, -0.25) is 10.1 Å². The fourth-order valence-corrected chi connectivity index (χ4v) is 1.86. The zero-order chi connectivity index (χ0) is 14.5. The molecule has 0 aliphatic carbocycles. The molecule has 1 aromatic heterocycles. The molecule has 20 heavy (non-hydrogen) atoms. The Morgan fingerprint density at radius 3 is 2.90 bits per heavy atom. The van der Waals surface area contributed by atoms with Crippen molar-refractivity contribution < 1.29 is 9.21 Å². The molecular formula is C14H16ClN3O2. The van der Waals surface area contributed by atoms with E-state index >= 15 is 0 Å². The van der Waals surface area contributed by atoms with E-state index in [-0.39, 0.29) is 12.5 Å². The van der Waals surface area contributed by atoms with Gasteiger partial charge in [-0.2, -0.15) is 0 Å². The first-order valence-corrected chi connectivity index (χ1v) is 6.60. The molecule has 1 amide bonds. The lowest BCUT2D eigenvalue weighted by molar-refractivity contribution is -0.115. The van der Waals surface area contributed by atoms with Gasteiger partial charge in [-0.05, 0) is 31.5 Å². The molecule has 0 radical (unpaired) electrons. The van der Waals surface area contributed by atoms with Crippen LogP contribution in [0.25, 0.3) is 0 Å².